The van der Waals surface area contributed by atoms with Gasteiger partial charge in [0.2, 0.25) is 0 Å². The van der Waals surface area contributed by atoms with E-state index in [1.165, 1.54) is 25.9 Å². The minimum Gasteiger partial charge on any atom is -0.313 e. The number of fused-ring (bicyclic) bond motifs is 3. The molecule has 0 radical (unpaired) electrons. The first kappa shape index (κ1) is 9.17. The molecule has 2 saturated heterocycles. The van der Waals surface area contributed by atoms with Gasteiger partial charge in [0.15, 0.2) is 0 Å². The van der Waals surface area contributed by atoms with Crippen molar-refractivity contribution in [1.82, 2.24) is 10.6 Å². The van der Waals surface area contributed by atoms with E-state index in [1.54, 1.807) is 0 Å². The van der Waals surface area contributed by atoms with E-state index in [-0.39, 0.29) is 0 Å². The van der Waals surface area contributed by atoms with E-state index in [1.807, 2.05) is 0 Å². The number of rotatable bonds is 0. The maximum absolute atomic E-state index is 3.72. The van der Waals surface area contributed by atoms with Crippen molar-refractivity contribution in [2.45, 2.75) is 38.8 Å². The first-order valence-electron chi connectivity index (χ1n) is 6.24. The van der Waals surface area contributed by atoms with E-state index < -0.39 is 0 Å². The van der Waals surface area contributed by atoms with Crippen molar-refractivity contribution in [3.05, 3.63) is 0 Å². The van der Waals surface area contributed by atoms with E-state index in [0.717, 1.165) is 35.8 Å². The molecular weight excluding hydrogens is 172 g/mol. The second-order valence-corrected chi connectivity index (χ2v) is 5.71. The molecule has 0 amide bonds. The number of hydrogen-bond acceptors (Lipinski definition) is 2. The molecule has 0 spiro atoms. The van der Waals surface area contributed by atoms with Gasteiger partial charge in [-0.15, -0.1) is 0 Å². The molecule has 1 saturated carbocycles. The van der Waals surface area contributed by atoms with Crippen molar-refractivity contribution in [3.8, 4) is 0 Å². The van der Waals surface area contributed by atoms with Crippen molar-refractivity contribution >= 4 is 0 Å². The highest BCUT2D eigenvalue weighted by Gasteiger charge is 2.49. The monoisotopic (exact) mass is 194 g/mol. The van der Waals surface area contributed by atoms with Crippen LogP contribution >= 0.6 is 0 Å². The van der Waals surface area contributed by atoms with Crippen LogP contribution in [-0.2, 0) is 0 Å². The van der Waals surface area contributed by atoms with Gasteiger partial charge in [0.25, 0.3) is 0 Å². The van der Waals surface area contributed by atoms with E-state index in [9.17, 15) is 0 Å². The lowest BCUT2D eigenvalue weighted by Gasteiger charge is -2.41. The molecule has 3 rings (SSSR count). The third-order valence-electron chi connectivity index (χ3n) is 4.88. The van der Waals surface area contributed by atoms with Crippen LogP contribution in [0.3, 0.4) is 0 Å². The molecule has 2 heteroatoms. The van der Waals surface area contributed by atoms with Crippen molar-refractivity contribution in [2.75, 3.05) is 13.1 Å². The van der Waals surface area contributed by atoms with Crippen LogP contribution in [0, 0.1) is 23.7 Å². The van der Waals surface area contributed by atoms with Gasteiger partial charge in [0, 0.05) is 12.1 Å². The van der Waals surface area contributed by atoms with E-state index in [2.05, 4.69) is 24.5 Å². The number of hydrogen-bond donors (Lipinski definition) is 2. The molecule has 80 valence electrons. The van der Waals surface area contributed by atoms with Crippen LogP contribution in [0.15, 0.2) is 0 Å². The molecule has 0 aromatic rings. The SMILES string of the molecule is CC1CC2NCC(C)C2C2CCNC12. The van der Waals surface area contributed by atoms with E-state index >= 15 is 0 Å². The summed E-state index contributed by atoms with van der Waals surface area (Å²) in [5, 5.41) is 7.44. The topological polar surface area (TPSA) is 24.1 Å². The van der Waals surface area contributed by atoms with Crippen LogP contribution in [0.5, 0.6) is 0 Å². The van der Waals surface area contributed by atoms with Crippen LogP contribution in [0.4, 0.5) is 0 Å². The van der Waals surface area contributed by atoms with Crippen molar-refractivity contribution in [2.24, 2.45) is 23.7 Å². The molecule has 0 bridgehead atoms. The van der Waals surface area contributed by atoms with E-state index in [4.69, 9.17) is 0 Å². The highest BCUT2D eigenvalue weighted by molar-refractivity contribution is 5.04. The van der Waals surface area contributed by atoms with Crippen molar-refractivity contribution < 1.29 is 0 Å². The van der Waals surface area contributed by atoms with Gasteiger partial charge in [-0.2, -0.15) is 0 Å². The molecule has 2 N–H and O–H groups in total. The average molecular weight is 194 g/mol. The fraction of sp³-hybridized carbons (Fsp3) is 1.00. The van der Waals surface area contributed by atoms with E-state index in [0.29, 0.717) is 0 Å². The van der Waals surface area contributed by atoms with Crippen molar-refractivity contribution in [3.63, 3.8) is 0 Å². The summed E-state index contributed by atoms with van der Waals surface area (Å²) < 4.78 is 0. The Kier molecular flexibility index (Phi) is 2.10. The lowest BCUT2D eigenvalue weighted by atomic mass is 9.67. The Morgan fingerprint density at radius 1 is 1.07 bits per heavy atom. The maximum atomic E-state index is 3.72. The Morgan fingerprint density at radius 2 is 1.93 bits per heavy atom. The summed E-state index contributed by atoms with van der Waals surface area (Å²) in [6, 6.07) is 1.67. The molecule has 3 fully saturated rings. The Bertz CT molecular complexity index is 228. The zero-order chi connectivity index (χ0) is 9.71. The second-order valence-electron chi connectivity index (χ2n) is 5.71. The summed E-state index contributed by atoms with van der Waals surface area (Å²) in [4.78, 5) is 0. The van der Waals surface area contributed by atoms with Gasteiger partial charge in [-0.3, -0.25) is 0 Å². The Hall–Kier alpha value is -0.0800. The standard InChI is InChI=1S/C12H22N2/c1-7-5-10-11(8(2)6-14-10)9-3-4-13-12(7)9/h7-14H,3-6H2,1-2H3. The van der Waals surface area contributed by atoms with Crippen molar-refractivity contribution in [1.29, 1.82) is 0 Å². The largest absolute Gasteiger partial charge is 0.313 e. The fourth-order valence-corrected chi connectivity index (χ4v) is 4.32. The van der Waals surface area contributed by atoms with Gasteiger partial charge in [0.1, 0.15) is 0 Å². The van der Waals surface area contributed by atoms with Gasteiger partial charge in [-0.25, -0.2) is 0 Å². The smallest absolute Gasteiger partial charge is 0.0125 e. The summed E-state index contributed by atoms with van der Waals surface area (Å²) in [6.45, 7) is 7.38. The quantitative estimate of drug-likeness (QED) is 0.606. The average Bonchev–Trinajstić information content (AvgIpc) is 2.72. The van der Waals surface area contributed by atoms with Crippen LogP contribution in [0.2, 0.25) is 0 Å². The summed E-state index contributed by atoms with van der Waals surface area (Å²) in [7, 11) is 0. The zero-order valence-electron chi connectivity index (χ0n) is 9.29. The predicted octanol–water partition coefficient (Wildman–Crippen LogP) is 1.23. The molecule has 1 aliphatic carbocycles. The lowest BCUT2D eigenvalue weighted by Crippen LogP contribution is -2.48. The Morgan fingerprint density at radius 3 is 2.79 bits per heavy atom. The minimum atomic E-state index is 0.832. The van der Waals surface area contributed by atoms with Crippen LogP contribution in [0.1, 0.15) is 26.7 Å². The number of nitrogens with one attached hydrogen (secondary N) is 2. The summed E-state index contributed by atoms with van der Waals surface area (Å²) >= 11 is 0. The van der Waals surface area contributed by atoms with Gasteiger partial charge >= 0.3 is 0 Å². The third-order valence-corrected chi connectivity index (χ3v) is 4.88. The first-order valence-corrected chi connectivity index (χ1v) is 6.24. The van der Waals surface area contributed by atoms with Crippen LogP contribution < -0.4 is 10.6 Å². The summed E-state index contributed by atoms with van der Waals surface area (Å²) in [6.07, 6.45) is 2.81. The van der Waals surface area contributed by atoms with Crippen LogP contribution in [-0.4, -0.2) is 25.2 Å². The van der Waals surface area contributed by atoms with Gasteiger partial charge < -0.3 is 10.6 Å². The fourth-order valence-electron chi connectivity index (χ4n) is 4.32. The minimum absolute atomic E-state index is 0.832. The predicted molar refractivity (Wildman–Crippen MR) is 58.1 cm³/mol. The molecule has 14 heavy (non-hydrogen) atoms. The molecule has 3 aliphatic rings. The summed E-state index contributed by atoms with van der Waals surface area (Å²) in [5.41, 5.74) is 0. The van der Waals surface area contributed by atoms with Gasteiger partial charge in [-0.05, 0) is 49.6 Å². The summed E-state index contributed by atoms with van der Waals surface area (Å²) in [5.74, 6) is 3.71. The molecular formula is C12H22N2. The van der Waals surface area contributed by atoms with Gasteiger partial charge in [-0.1, -0.05) is 13.8 Å². The zero-order valence-corrected chi connectivity index (χ0v) is 9.29. The van der Waals surface area contributed by atoms with Crippen LogP contribution in [0.25, 0.3) is 0 Å². The Balaban J connectivity index is 1.86. The molecule has 2 aliphatic heterocycles. The molecule has 2 nitrogen and oxygen atoms in total. The first-order chi connectivity index (χ1) is 6.77. The molecule has 0 aromatic heterocycles. The lowest BCUT2D eigenvalue weighted by molar-refractivity contribution is 0.128. The molecule has 6 unspecified atom stereocenters. The Labute approximate surface area is 86.8 Å². The second kappa shape index (κ2) is 3.21. The third kappa shape index (κ3) is 1.17. The molecule has 6 atom stereocenters. The molecule has 0 aromatic carbocycles. The highest BCUT2D eigenvalue weighted by atomic mass is 15.0. The maximum Gasteiger partial charge on any atom is 0.0125 e. The normalized spacial score (nSPS) is 57.0. The van der Waals surface area contributed by atoms with Gasteiger partial charge in [0.05, 0.1) is 0 Å². The highest BCUT2D eigenvalue weighted by Crippen LogP contribution is 2.44. The molecule has 2 heterocycles.